The van der Waals surface area contributed by atoms with Crippen LogP contribution in [0.25, 0.3) is 0 Å². The van der Waals surface area contributed by atoms with Gasteiger partial charge in [0, 0.05) is 12.8 Å². The number of benzene rings is 1. The van der Waals surface area contributed by atoms with Crippen molar-refractivity contribution in [1.82, 2.24) is 0 Å². The Kier molecular flexibility index (Phi) is 4.45. The van der Waals surface area contributed by atoms with Crippen molar-refractivity contribution < 1.29 is 12.8 Å². The Morgan fingerprint density at radius 2 is 1.95 bits per heavy atom. The largest absolute Gasteiger partial charge is 0.382 e. The second-order valence-electron chi connectivity index (χ2n) is 5.30. The van der Waals surface area contributed by atoms with Crippen molar-refractivity contribution in [3.05, 3.63) is 24.0 Å². The first-order chi connectivity index (χ1) is 8.97. The average Bonchev–Trinajstić information content (AvgIpc) is 2.37. The van der Waals surface area contributed by atoms with Gasteiger partial charge >= 0.3 is 0 Å². The van der Waals surface area contributed by atoms with Crippen molar-refractivity contribution in [3.63, 3.8) is 0 Å². The molecule has 0 heterocycles. The zero-order valence-corrected chi connectivity index (χ0v) is 12.0. The molecular weight excluding hydrogens is 265 g/mol. The van der Waals surface area contributed by atoms with Crippen molar-refractivity contribution in [1.29, 1.82) is 0 Å². The van der Waals surface area contributed by atoms with Crippen LogP contribution < -0.4 is 5.32 Å². The van der Waals surface area contributed by atoms with Crippen molar-refractivity contribution in [2.45, 2.75) is 37.0 Å². The molecule has 0 amide bonds. The molecule has 3 nitrogen and oxygen atoms in total. The lowest BCUT2D eigenvalue weighted by atomic mass is 9.89. The fourth-order valence-corrected chi connectivity index (χ4v) is 3.16. The minimum Gasteiger partial charge on any atom is -0.382 e. The molecule has 0 bridgehead atoms. The highest BCUT2D eigenvalue weighted by Crippen LogP contribution is 2.25. The van der Waals surface area contributed by atoms with Gasteiger partial charge in [-0.2, -0.15) is 0 Å². The Morgan fingerprint density at radius 1 is 1.26 bits per heavy atom. The highest BCUT2D eigenvalue weighted by Gasteiger charge is 2.15. The molecule has 1 saturated carbocycles. The predicted octanol–water partition coefficient (Wildman–Crippen LogP) is 3.22. The van der Waals surface area contributed by atoms with Gasteiger partial charge in [0.1, 0.15) is 5.82 Å². The number of halogens is 1. The Labute approximate surface area is 114 Å². The fraction of sp³-hybridized carbons (Fsp3) is 0.571. The topological polar surface area (TPSA) is 46.2 Å². The third-order valence-electron chi connectivity index (χ3n) is 3.67. The van der Waals surface area contributed by atoms with E-state index in [-0.39, 0.29) is 10.6 Å². The Morgan fingerprint density at radius 3 is 2.58 bits per heavy atom. The number of rotatable bonds is 4. The Balaban J connectivity index is 2.06. The van der Waals surface area contributed by atoms with Gasteiger partial charge in [-0.25, -0.2) is 12.8 Å². The molecule has 1 N–H and O–H groups in total. The summed E-state index contributed by atoms with van der Waals surface area (Å²) in [5.41, 5.74) is 0.286. The summed E-state index contributed by atoms with van der Waals surface area (Å²) in [5.74, 6) is 0.165. The first kappa shape index (κ1) is 14.3. The molecule has 0 aliphatic heterocycles. The molecule has 0 saturated heterocycles. The van der Waals surface area contributed by atoms with Crippen molar-refractivity contribution in [2.75, 3.05) is 18.1 Å². The Bertz CT molecular complexity index is 536. The lowest BCUT2D eigenvalue weighted by Crippen LogP contribution is -2.17. The first-order valence-electron chi connectivity index (χ1n) is 6.70. The number of hydrogen-bond acceptors (Lipinski definition) is 3. The minimum absolute atomic E-state index is 0.153. The average molecular weight is 285 g/mol. The van der Waals surface area contributed by atoms with Crippen molar-refractivity contribution in [3.8, 4) is 0 Å². The van der Waals surface area contributed by atoms with E-state index in [1.807, 2.05) is 0 Å². The molecule has 5 heteroatoms. The highest BCUT2D eigenvalue weighted by atomic mass is 32.2. The van der Waals surface area contributed by atoms with Crippen LogP contribution in [-0.4, -0.2) is 21.2 Å². The molecule has 19 heavy (non-hydrogen) atoms. The standard InChI is InChI=1S/C14H20FNO2S/c1-19(17,18)12-7-8-13(15)14(9-12)16-10-11-5-3-2-4-6-11/h7-9,11,16H,2-6,10H2,1H3. The predicted molar refractivity (Wildman–Crippen MR) is 74.6 cm³/mol. The monoisotopic (exact) mass is 285 g/mol. The lowest BCUT2D eigenvalue weighted by molar-refractivity contribution is 0.373. The van der Waals surface area contributed by atoms with E-state index < -0.39 is 15.7 Å². The van der Waals surface area contributed by atoms with E-state index in [0.717, 1.165) is 6.26 Å². The number of sulfone groups is 1. The van der Waals surface area contributed by atoms with Gasteiger partial charge in [0.2, 0.25) is 0 Å². The van der Waals surface area contributed by atoms with Crippen LogP contribution in [0.4, 0.5) is 10.1 Å². The molecule has 0 aromatic heterocycles. The molecular formula is C14H20FNO2S. The van der Waals surface area contributed by atoms with E-state index in [1.165, 1.54) is 50.3 Å². The van der Waals surface area contributed by atoms with Crippen LogP contribution in [0.1, 0.15) is 32.1 Å². The van der Waals surface area contributed by atoms with Crippen molar-refractivity contribution >= 4 is 15.5 Å². The van der Waals surface area contributed by atoms with Gasteiger partial charge in [0.05, 0.1) is 10.6 Å². The molecule has 0 unspecified atom stereocenters. The SMILES string of the molecule is CS(=O)(=O)c1ccc(F)c(NCC2CCCCC2)c1. The molecule has 0 atom stereocenters. The molecule has 1 aromatic carbocycles. The maximum Gasteiger partial charge on any atom is 0.175 e. The highest BCUT2D eigenvalue weighted by molar-refractivity contribution is 7.90. The van der Waals surface area contributed by atoms with Gasteiger partial charge in [-0.1, -0.05) is 19.3 Å². The zero-order chi connectivity index (χ0) is 13.9. The van der Waals surface area contributed by atoms with Gasteiger partial charge in [-0.3, -0.25) is 0 Å². The lowest BCUT2D eigenvalue weighted by Gasteiger charge is -2.22. The smallest absolute Gasteiger partial charge is 0.175 e. The summed E-state index contributed by atoms with van der Waals surface area (Å²) in [6.45, 7) is 0.712. The molecule has 1 aliphatic rings. The summed E-state index contributed by atoms with van der Waals surface area (Å²) in [4.78, 5) is 0.153. The molecule has 1 aliphatic carbocycles. The quantitative estimate of drug-likeness (QED) is 0.864. The fourth-order valence-electron chi connectivity index (χ4n) is 2.52. The van der Waals surface area contributed by atoms with Gasteiger partial charge in [-0.05, 0) is 37.0 Å². The van der Waals surface area contributed by atoms with Gasteiger partial charge in [0.15, 0.2) is 9.84 Å². The van der Waals surface area contributed by atoms with Crippen LogP contribution in [-0.2, 0) is 9.84 Å². The van der Waals surface area contributed by atoms with E-state index in [4.69, 9.17) is 0 Å². The van der Waals surface area contributed by atoms with Crippen molar-refractivity contribution in [2.24, 2.45) is 5.92 Å². The van der Waals surface area contributed by atoms with Crippen LogP contribution in [0, 0.1) is 11.7 Å². The molecule has 106 valence electrons. The second-order valence-corrected chi connectivity index (χ2v) is 7.31. The summed E-state index contributed by atoms with van der Waals surface area (Å²) in [6, 6.07) is 3.89. The van der Waals surface area contributed by atoms with E-state index >= 15 is 0 Å². The summed E-state index contributed by atoms with van der Waals surface area (Å²) in [6.07, 6.45) is 7.22. The van der Waals surface area contributed by atoms with E-state index in [9.17, 15) is 12.8 Å². The first-order valence-corrected chi connectivity index (χ1v) is 8.59. The minimum atomic E-state index is -3.29. The maximum atomic E-state index is 13.7. The molecule has 0 radical (unpaired) electrons. The summed E-state index contributed by atoms with van der Waals surface area (Å²) in [5, 5.41) is 3.06. The van der Waals surface area contributed by atoms with Gasteiger partial charge in [0.25, 0.3) is 0 Å². The van der Waals surface area contributed by atoms with Crippen LogP contribution in [0.3, 0.4) is 0 Å². The summed E-state index contributed by atoms with van der Waals surface area (Å²) < 4.78 is 36.6. The number of hydrogen-bond donors (Lipinski definition) is 1. The molecule has 1 aromatic rings. The third kappa shape index (κ3) is 3.93. The van der Waals surface area contributed by atoms with Gasteiger partial charge < -0.3 is 5.32 Å². The third-order valence-corrected chi connectivity index (χ3v) is 4.78. The normalized spacial score (nSPS) is 17.4. The molecule has 0 spiro atoms. The Hall–Kier alpha value is -1.10. The molecule has 1 fully saturated rings. The summed E-state index contributed by atoms with van der Waals surface area (Å²) >= 11 is 0. The van der Waals surface area contributed by atoms with Crippen LogP contribution >= 0.6 is 0 Å². The van der Waals surface area contributed by atoms with Crippen LogP contribution in [0.15, 0.2) is 23.1 Å². The zero-order valence-electron chi connectivity index (χ0n) is 11.2. The van der Waals surface area contributed by atoms with Crippen LogP contribution in [0.2, 0.25) is 0 Å². The van der Waals surface area contributed by atoms with E-state index in [2.05, 4.69) is 5.32 Å². The number of nitrogens with one attached hydrogen (secondary N) is 1. The molecule has 2 rings (SSSR count). The summed E-state index contributed by atoms with van der Waals surface area (Å²) in [7, 11) is -3.29. The maximum absolute atomic E-state index is 13.7. The van der Waals surface area contributed by atoms with Gasteiger partial charge in [-0.15, -0.1) is 0 Å². The van der Waals surface area contributed by atoms with E-state index in [1.54, 1.807) is 0 Å². The van der Waals surface area contributed by atoms with Crippen LogP contribution in [0.5, 0.6) is 0 Å². The van der Waals surface area contributed by atoms with E-state index in [0.29, 0.717) is 12.5 Å². The number of anilines is 1. The second kappa shape index (κ2) is 5.90.